The minimum atomic E-state index is 0.207. The predicted molar refractivity (Wildman–Crippen MR) is 49.9 cm³/mol. The van der Waals surface area contributed by atoms with Gasteiger partial charge >= 0.3 is 0 Å². The van der Waals surface area contributed by atoms with E-state index in [0.717, 1.165) is 5.69 Å². The summed E-state index contributed by atoms with van der Waals surface area (Å²) in [5, 5.41) is 7.41. The Hall–Kier alpha value is -1.09. The zero-order valence-electron chi connectivity index (χ0n) is 7.83. The fourth-order valence-corrected chi connectivity index (χ4v) is 1.32. The van der Waals surface area contributed by atoms with Crippen LogP contribution in [0.5, 0.6) is 0 Å². The zero-order valence-corrected chi connectivity index (χ0v) is 7.83. The van der Waals surface area contributed by atoms with E-state index in [9.17, 15) is 0 Å². The molecule has 1 rings (SSSR count). The zero-order chi connectivity index (χ0) is 9.14. The molecular weight excluding hydrogens is 150 g/mol. The molecule has 0 aliphatic carbocycles. The van der Waals surface area contributed by atoms with Gasteiger partial charge in [0.1, 0.15) is 0 Å². The third-order valence-electron chi connectivity index (χ3n) is 1.93. The van der Waals surface area contributed by atoms with Crippen molar-refractivity contribution in [1.29, 1.82) is 0 Å². The Morgan fingerprint density at radius 3 is 2.75 bits per heavy atom. The van der Waals surface area contributed by atoms with Crippen LogP contribution in [0.4, 0.5) is 0 Å². The van der Waals surface area contributed by atoms with E-state index in [1.165, 1.54) is 5.56 Å². The molecule has 0 aliphatic heterocycles. The topological polar surface area (TPSA) is 29.9 Å². The van der Waals surface area contributed by atoms with Gasteiger partial charge < -0.3 is 5.32 Å². The lowest BCUT2D eigenvalue weighted by molar-refractivity contribution is 0.710. The van der Waals surface area contributed by atoms with E-state index in [0.29, 0.717) is 0 Å². The van der Waals surface area contributed by atoms with E-state index in [-0.39, 0.29) is 6.04 Å². The van der Waals surface area contributed by atoms with E-state index in [2.05, 4.69) is 17.0 Å². The van der Waals surface area contributed by atoms with E-state index in [4.69, 9.17) is 0 Å². The molecule has 0 saturated carbocycles. The molecule has 0 aromatic carbocycles. The highest BCUT2D eigenvalue weighted by Gasteiger charge is 2.10. The summed E-state index contributed by atoms with van der Waals surface area (Å²) in [6, 6.07) is 0.207. The summed E-state index contributed by atoms with van der Waals surface area (Å²) in [5.74, 6) is 0. The van der Waals surface area contributed by atoms with Gasteiger partial charge in [0.15, 0.2) is 0 Å². The van der Waals surface area contributed by atoms with Gasteiger partial charge in [-0.15, -0.1) is 6.58 Å². The van der Waals surface area contributed by atoms with Gasteiger partial charge in [0, 0.05) is 18.8 Å². The number of rotatable bonds is 3. The van der Waals surface area contributed by atoms with Gasteiger partial charge in [-0.25, -0.2) is 0 Å². The van der Waals surface area contributed by atoms with E-state index >= 15 is 0 Å². The number of aromatic nitrogens is 2. The Morgan fingerprint density at radius 1 is 1.75 bits per heavy atom. The fourth-order valence-electron chi connectivity index (χ4n) is 1.32. The Morgan fingerprint density at radius 2 is 2.42 bits per heavy atom. The second-order valence-corrected chi connectivity index (χ2v) is 2.85. The molecule has 0 radical (unpaired) electrons. The maximum Gasteiger partial charge on any atom is 0.0644 e. The second-order valence-electron chi connectivity index (χ2n) is 2.85. The Labute approximate surface area is 73.1 Å². The second kappa shape index (κ2) is 3.54. The summed E-state index contributed by atoms with van der Waals surface area (Å²) < 4.78 is 1.82. The molecule has 3 heteroatoms. The Bertz CT molecular complexity index is 275. The van der Waals surface area contributed by atoms with Crippen molar-refractivity contribution in [3.8, 4) is 0 Å². The van der Waals surface area contributed by atoms with Crippen LogP contribution in [0.15, 0.2) is 18.9 Å². The fraction of sp³-hybridized carbons (Fsp3) is 0.444. The van der Waals surface area contributed by atoms with Gasteiger partial charge in [-0.1, -0.05) is 6.08 Å². The van der Waals surface area contributed by atoms with Gasteiger partial charge in [0.2, 0.25) is 0 Å². The third-order valence-corrected chi connectivity index (χ3v) is 1.93. The van der Waals surface area contributed by atoms with Crippen LogP contribution in [0.25, 0.3) is 0 Å². The summed E-state index contributed by atoms with van der Waals surface area (Å²) in [6.07, 6.45) is 3.89. The number of nitrogens with zero attached hydrogens (tertiary/aromatic N) is 2. The Kier molecular flexibility index (Phi) is 2.65. The molecule has 0 fully saturated rings. The molecule has 0 bridgehead atoms. The number of nitrogens with one attached hydrogen (secondary N) is 1. The third kappa shape index (κ3) is 1.56. The van der Waals surface area contributed by atoms with Crippen LogP contribution in [0.3, 0.4) is 0 Å². The Balaban J connectivity index is 2.99. The van der Waals surface area contributed by atoms with Crippen LogP contribution in [0.1, 0.15) is 17.3 Å². The van der Waals surface area contributed by atoms with Crippen molar-refractivity contribution in [3.05, 3.63) is 30.1 Å². The van der Waals surface area contributed by atoms with E-state index < -0.39 is 0 Å². The average molecular weight is 165 g/mol. The first-order chi connectivity index (χ1) is 5.69. The summed E-state index contributed by atoms with van der Waals surface area (Å²) in [7, 11) is 3.84. The molecule has 3 nitrogen and oxygen atoms in total. The van der Waals surface area contributed by atoms with Crippen molar-refractivity contribution in [2.75, 3.05) is 7.05 Å². The van der Waals surface area contributed by atoms with Crippen LogP contribution in [-0.4, -0.2) is 16.8 Å². The van der Waals surface area contributed by atoms with E-state index in [1.807, 2.05) is 38.0 Å². The van der Waals surface area contributed by atoms with Crippen LogP contribution in [-0.2, 0) is 7.05 Å². The van der Waals surface area contributed by atoms with Crippen molar-refractivity contribution in [2.45, 2.75) is 13.0 Å². The summed E-state index contributed by atoms with van der Waals surface area (Å²) in [6.45, 7) is 5.76. The summed E-state index contributed by atoms with van der Waals surface area (Å²) >= 11 is 0. The molecular formula is C9H15N3. The molecule has 1 N–H and O–H groups in total. The minimum Gasteiger partial charge on any atom is -0.310 e. The van der Waals surface area contributed by atoms with Crippen molar-refractivity contribution >= 4 is 0 Å². The van der Waals surface area contributed by atoms with Crippen molar-refractivity contribution < 1.29 is 0 Å². The quantitative estimate of drug-likeness (QED) is 0.681. The highest BCUT2D eigenvalue weighted by molar-refractivity contribution is 5.23. The van der Waals surface area contributed by atoms with Crippen molar-refractivity contribution in [3.63, 3.8) is 0 Å². The van der Waals surface area contributed by atoms with E-state index in [1.54, 1.807) is 0 Å². The lowest BCUT2D eigenvalue weighted by Crippen LogP contribution is -2.13. The molecule has 66 valence electrons. The number of hydrogen-bond acceptors (Lipinski definition) is 2. The molecule has 1 heterocycles. The molecule has 0 spiro atoms. The molecule has 1 aromatic rings. The van der Waals surface area contributed by atoms with Crippen LogP contribution in [0, 0.1) is 6.92 Å². The van der Waals surface area contributed by atoms with Crippen molar-refractivity contribution in [1.82, 2.24) is 15.1 Å². The normalized spacial score (nSPS) is 12.9. The van der Waals surface area contributed by atoms with Crippen LogP contribution < -0.4 is 5.32 Å². The lowest BCUT2D eigenvalue weighted by Gasteiger charge is -2.08. The molecule has 0 aliphatic rings. The first-order valence-electron chi connectivity index (χ1n) is 3.99. The maximum atomic E-state index is 4.26. The minimum absolute atomic E-state index is 0.207. The van der Waals surface area contributed by atoms with Crippen LogP contribution >= 0.6 is 0 Å². The highest BCUT2D eigenvalue weighted by atomic mass is 15.3. The maximum absolute atomic E-state index is 4.26. The van der Waals surface area contributed by atoms with Gasteiger partial charge in [-0.05, 0) is 14.0 Å². The molecule has 12 heavy (non-hydrogen) atoms. The highest BCUT2D eigenvalue weighted by Crippen LogP contribution is 2.15. The molecule has 1 aromatic heterocycles. The monoisotopic (exact) mass is 165 g/mol. The van der Waals surface area contributed by atoms with Gasteiger partial charge in [-0.3, -0.25) is 4.68 Å². The molecule has 0 saturated heterocycles. The van der Waals surface area contributed by atoms with Gasteiger partial charge in [0.25, 0.3) is 0 Å². The summed E-state index contributed by atoms with van der Waals surface area (Å²) in [4.78, 5) is 0. The standard InChI is InChI=1S/C9H15N3/c1-5-9(10-3)8-6-12(4)11-7(8)2/h5-6,9-10H,1H2,2-4H3. The number of likely N-dealkylation sites (N-methyl/N-ethyl adjacent to an activating group) is 1. The van der Waals surface area contributed by atoms with Gasteiger partial charge in [0.05, 0.1) is 11.7 Å². The van der Waals surface area contributed by atoms with Crippen LogP contribution in [0.2, 0.25) is 0 Å². The lowest BCUT2D eigenvalue weighted by atomic mass is 10.1. The molecule has 1 unspecified atom stereocenters. The van der Waals surface area contributed by atoms with Gasteiger partial charge in [-0.2, -0.15) is 5.10 Å². The average Bonchev–Trinajstić information content (AvgIpc) is 2.34. The first kappa shape index (κ1) is 9.00. The number of hydrogen-bond donors (Lipinski definition) is 1. The predicted octanol–water partition coefficient (Wildman–Crippen LogP) is 1.18. The SMILES string of the molecule is C=CC(NC)c1cn(C)nc1C. The smallest absolute Gasteiger partial charge is 0.0644 e. The molecule has 0 amide bonds. The summed E-state index contributed by atoms with van der Waals surface area (Å²) in [5.41, 5.74) is 2.24. The first-order valence-corrected chi connectivity index (χ1v) is 3.99. The van der Waals surface area contributed by atoms with Crippen molar-refractivity contribution in [2.24, 2.45) is 7.05 Å². The largest absolute Gasteiger partial charge is 0.310 e. The number of aryl methyl sites for hydroxylation is 2. The molecule has 1 atom stereocenters.